The van der Waals surface area contributed by atoms with Gasteiger partial charge in [0.2, 0.25) is 0 Å². The van der Waals surface area contributed by atoms with Crippen molar-refractivity contribution < 1.29 is 14.7 Å². The molecule has 7 nitrogen and oxygen atoms in total. The van der Waals surface area contributed by atoms with Gasteiger partial charge in [-0.3, -0.25) is 14.0 Å². The van der Waals surface area contributed by atoms with Crippen LogP contribution in [0.3, 0.4) is 0 Å². The van der Waals surface area contributed by atoms with Gasteiger partial charge in [-0.25, -0.2) is 9.78 Å². The number of rotatable bonds is 4. The molecule has 21 heavy (non-hydrogen) atoms. The van der Waals surface area contributed by atoms with Gasteiger partial charge >= 0.3 is 5.97 Å². The number of carbonyl (C=O) groups excluding carboxylic acids is 1. The van der Waals surface area contributed by atoms with Gasteiger partial charge in [-0.2, -0.15) is 0 Å². The fourth-order valence-corrected chi connectivity index (χ4v) is 2.70. The first-order valence-electron chi connectivity index (χ1n) is 6.31. The molecule has 0 fully saturated rings. The average Bonchev–Trinajstić information content (AvgIpc) is 2.88. The highest BCUT2D eigenvalue weighted by Crippen LogP contribution is 2.17. The SMILES string of the molecule is CCN(C(=O)c1cnc2sccn2c1=O)C(C)(C)C(=O)O. The molecule has 112 valence electrons. The van der Waals surface area contributed by atoms with E-state index in [0.717, 1.165) is 4.90 Å². The third kappa shape index (κ3) is 2.42. The minimum absolute atomic E-state index is 0.137. The predicted molar refractivity (Wildman–Crippen MR) is 77.8 cm³/mol. The van der Waals surface area contributed by atoms with Crippen LogP contribution in [0, 0.1) is 0 Å². The van der Waals surface area contributed by atoms with E-state index in [1.807, 2.05) is 0 Å². The number of nitrogens with zero attached hydrogens (tertiary/aromatic N) is 3. The Labute approximate surface area is 124 Å². The van der Waals surface area contributed by atoms with E-state index in [-0.39, 0.29) is 12.1 Å². The molecule has 2 aromatic rings. The molecule has 8 heteroatoms. The van der Waals surface area contributed by atoms with Gasteiger partial charge in [-0.1, -0.05) is 0 Å². The average molecular weight is 309 g/mol. The molecule has 0 aromatic carbocycles. The molecular weight excluding hydrogens is 294 g/mol. The first-order valence-corrected chi connectivity index (χ1v) is 7.19. The first kappa shape index (κ1) is 15.2. The molecule has 1 N–H and O–H groups in total. The van der Waals surface area contributed by atoms with E-state index < -0.39 is 23.0 Å². The zero-order chi connectivity index (χ0) is 15.8. The summed E-state index contributed by atoms with van der Waals surface area (Å²) in [5.74, 6) is -1.77. The molecule has 0 saturated heterocycles. The fourth-order valence-electron chi connectivity index (χ4n) is 2.02. The Kier molecular flexibility index (Phi) is 3.82. The van der Waals surface area contributed by atoms with Crippen molar-refractivity contribution in [3.8, 4) is 0 Å². The fraction of sp³-hybridized carbons (Fsp3) is 0.385. The molecule has 0 unspecified atom stereocenters. The summed E-state index contributed by atoms with van der Waals surface area (Å²) >= 11 is 1.28. The van der Waals surface area contributed by atoms with Crippen LogP contribution >= 0.6 is 11.3 Å². The van der Waals surface area contributed by atoms with Crippen molar-refractivity contribution in [1.82, 2.24) is 14.3 Å². The van der Waals surface area contributed by atoms with Crippen LogP contribution in [0.25, 0.3) is 4.96 Å². The second-order valence-electron chi connectivity index (χ2n) is 4.95. The maximum atomic E-state index is 12.5. The second-order valence-corrected chi connectivity index (χ2v) is 5.82. The Morgan fingerprint density at radius 1 is 1.48 bits per heavy atom. The number of likely N-dealkylation sites (N-methyl/N-ethyl adjacent to an activating group) is 1. The van der Waals surface area contributed by atoms with Crippen molar-refractivity contribution in [2.24, 2.45) is 0 Å². The lowest BCUT2D eigenvalue weighted by Crippen LogP contribution is -2.53. The highest BCUT2D eigenvalue weighted by molar-refractivity contribution is 7.15. The molecule has 0 spiro atoms. The molecule has 0 aliphatic rings. The Bertz CT molecular complexity index is 762. The number of hydrogen-bond donors (Lipinski definition) is 1. The molecule has 0 bridgehead atoms. The van der Waals surface area contributed by atoms with Gasteiger partial charge < -0.3 is 10.0 Å². The van der Waals surface area contributed by atoms with Crippen LogP contribution in [-0.4, -0.2) is 43.4 Å². The molecule has 2 rings (SSSR count). The summed E-state index contributed by atoms with van der Waals surface area (Å²) in [6.07, 6.45) is 2.74. The molecule has 0 radical (unpaired) electrons. The van der Waals surface area contributed by atoms with E-state index in [4.69, 9.17) is 0 Å². The van der Waals surface area contributed by atoms with Crippen molar-refractivity contribution >= 4 is 28.2 Å². The van der Waals surface area contributed by atoms with E-state index in [1.54, 1.807) is 12.3 Å². The lowest BCUT2D eigenvalue weighted by Gasteiger charge is -2.33. The Morgan fingerprint density at radius 3 is 2.71 bits per heavy atom. The molecule has 0 aliphatic heterocycles. The number of carbonyl (C=O) groups is 2. The number of carboxylic acid groups (broad SMARTS) is 1. The van der Waals surface area contributed by atoms with Gasteiger partial charge in [0.05, 0.1) is 0 Å². The van der Waals surface area contributed by atoms with Gasteiger partial charge in [0.15, 0.2) is 4.96 Å². The van der Waals surface area contributed by atoms with Crippen LogP contribution < -0.4 is 5.56 Å². The summed E-state index contributed by atoms with van der Waals surface area (Å²) in [4.78, 5) is 41.8. The van der Waals surface area contributed by atoms with Crippen LogP contribution in [-0.2, 0) is 4.79 Å². The van der Waals surface area contributed by atoms with Gasteiger partial charge in [0, 0.05) is 24.3 Å². The number of fused-ring (bicyclic) bond motifs is 1. The molecule has 0 saturated carbocycles. The van der Waals surface area contributed by atoms with E-state index >= 15 is 0 Å². The summed E-state index contributed by atoms with van der Waals surface area (Å²) in [6.45, 7) is 4.68. The van der Waals surface area contributed by atoms with Gasteiger partial charge in [0.1, 0.15) is 11.1 Å². The van der Waals surface area contributed by atoms with Gasteiger partial charge in [-0.15, -0.1) is 11.3 Å². The molecule has 0 atom stereocenters. The summed E-state index contributed by atoms with van der Waals surface area (Å²) < 4.78 is 1.28. The van der Waals surface area contributed by atoms with E-state index in [2.05, 4.69) is 4.98 Å². The second kappa shape index (κ2) is 5.28. The topological polar surface area (TPSA) is 92.0 Å². The number of aliphatic carboxylic acids is 1. The molecule has 2 heterocycles. The number of hydrogen-bond acceptors (Lipinski definition) is 5. The lowest BCUT2D eigenvalue weighted by molar-refractivity contribution is -0.147. The third-order valence-electron chi connectivity index (χ3n) is 3.33. The maximum Gasteiger partial charge on any atom is 0.329 e. The zero-order valence-electron chi connectivity index (χ0n) is 11.9. The number of carboxylic acids is 1. The van der Waals surface area contributed by atoms with Crippen molar-refractivity contribution in [2.45, 2.75) is 26.3 Å². The van der Waals surface area contributed by atoms with Crippen LogP contribution in [0.15, 0.2) is 22.6 Å². The summed E-state index contributed by atoms with van der Waals surface area (Å²) in [7, 11) is 0. The van der Waals surface area contributed by atoms with Crippen molar-refractivity contribution in [3.63, 3.8) is 0 Å². The van der Waals surface area contributed by atoms with E-state index in [9.17, 15) is 19.5 Å². The molecule has 2 aromatic heterocycles. The Balaban J connectivity index is 2.52. The zero-order valence-corrected chi connectivity index (χ0v) is 12.7. The van der Waals surface area contributed by atoms with Crippen LogP contribution in [0.2, 0.25) is 0 Å². The monoisotopic (exact) mass is 309 g/mol. The summed E-state index contributed by atoms with van der Waals surface area (Å²) in [5.41, 5.74) is -2.04. The minimum Gasteiger partial charge on any atom is -0.480 e. The standard InChI is InChI=1S/C13H15N3O4S/c1-4-16(13(2,3)11(19)20)10(18)8-7-14-12-15(9(8)17)5-6-21-12/h5-7H,4H2,1-3H3,(H,19,20). The molecule has 1 amide bonds. The van der Waals surface area contributed by atoms with Crippen LogP contribution in [0.4, 0.5) is 0 Å². The maximum absolute atomic E-state index is 12.5. The van der Waals surface area contributed by atoms with Crippen LogP contribution in [0.1, 0.15) is 31.1 Å². The predicted octanol–water partition coefficient (Wildman–Crippen LogP) is 1.08. The van der Waals surface area contributed by atoms with Crippen LogP contribution in [0.5, 0.6) is 0 Å². The van der Waals surface area contributed by atoms with Crippen molar-refractivity contribution in [2.75, 3.05) is 6.54 Å². The van der Waals surface area contributed by atoms with Crippen molar-refractivity contribution in [1.29, 1.82) is 0 Å². The Morgan fingerprint density at radius 2 is 2.14 bits per heavy atom. The number of amides is 1. The van der Waals surface area contributed by atoms with E-state index in [1.165, 1.54) is 42.0 Å². The molecular formula is C13H15N3O4S. The largest absolute Gasteiger partial charge is 0.480 e. The minimum atomic E-state index is -1.41. The number of thiazole rings is 1. The highest BCUT2D eigenvalue weighted by Gasteiger charge is 2.38. The normalized spacial score (nSPS) is 11.6. The lowest BCUT2D eigenvalue weighted by atomic mass is 10.0. The first-order chi connectivity index (χ1) is 9.80. The summed E-state index contributed by atoms with van der Waals surface area (Å²) in [6, 6.07) is 0. The third-order valence-corrected chi connectivity index (χ3v) is 4.10. The number of aromatic nitrogens is 2. The van der Waals surface area contributed by atoms with Gasteiger partial charge in [0.25, 0.3) is 11.5 Å². The highest BCUT2D eigenvalue weighted by atomic mass is 32.1. The van der Waals surface area contributed by atoms with Crippen molar-refractivity contribution in [3.05, 3.63) is 33.7 Å². The van der Waals surface area contributed by atoms with E-state index in [0.29, 0.717) is 4.96 Å². The Hall–Kier alpha value is -2.22. The quantitative estimate of drug-likeness (QED) is 0.912. The summed E-state index contributed by atoms with van der Waals surface area (Å²) in [5, 5.41) is 10.9. The molecule has 0 aliphatic carbocycles. The smallest absolute Gasteiger partial charge is 0.329 e. The van der Waals surface area contributed by atoms with Gasteiger partial charge in [-0.05, 0) is 20.8 Å².